The molecule has 100 valence electrons. The summed E-state index contributed by atoms with van der Waals surface area (Å²) in [6.45, 7) is 2.23. The molecule has 0 bridgehead atoms. The monoisotopic (exact) mass is 260 g/mol. The van der Waals surface area contributed by atoms with Crippen molar-refractivity contribution in [2.75, 3.05) is 6.61 Å². The molecule has 0 saturated heterocycles. The summed E-state index contributed by atoms with van der Waals surface area (Å²) in [7, 11) is 0. The molecule has 0 spiro atoms. The van der Waals surface area contributed by atoms with Crippen LogP contribution in [0.3, 0.4) is 0 Å². The van der Waals surface area contributed by atoms with Gasteiger partial charge in [0.05, 0.1) is 6.04 Å². The average Bonchev–Trinajstić information content (AvgIpc) is 2.42. The van der Waals surface area contributed by atoms with Gasteiger partial charge in [-0.1, -0.05) is 24.3 Å². The first-order valence-electron chi connectivity index (χ1n) is 6.10. The Hall–Kier alpha value is -1.91. The molecule has 2 rings (SSSR count). The van der Waals surface area contributed by atoms with Gasteiger partial charge in [-0.05, 0) is 42.3 Å². The second-order valence-electron chi connectivity index (χ2n) is 4.34. The van der Waals surface area contributed by atoms with Gasteiger partial charge in [-0.2, -0.15) is 0 Å². The summed E-state index contributed by atoms with van der Waals surface area (Å²) in [5, 5.41) is 0. The molecule has 0 aliphatic carbocycles. The van der Waals surface area contributed by atoms with E-state index in [9.17, 15) is 4.39 Å². The second kappa shape index (κ2) is 6.31. The Morgan fingerprint density at radius 3 is 2.58 bits per heavy atom. The van der Waals surface area contributed by atoms with Gasteiger partial charge in [0, 0.05) is 0 Å². The van der Waals surface area contributed by atoms with Crippen molar-refractivity contribution in [3.05, 3.63) is 65.5 Å². The van der Waals surface area contributed by atoms with Gasteiger partial charge in [0.25, 0.3) is 0 Å². The molecule has 0 fully saturated rings. The van der Waals surface area contributed by atoms with E-state index in [2.05, 4.69) is 5.43 Å². The van der Waals surface area contributed by atoms with Crippen molar-refractivity contribution in [1.82, 2.24) is 5.43 Å². The molecule has 2 aromatic carbocycles. The number of aryl methyl sites for hydroxylation is 1. The summed E-state index contributed by atoms with van der Waals surface area (Å²) >= 11 is 0. The molecule has 0 amide bonds. The van der Waals surface area contributed by atoms with Crippen LogP contribution in [-0.2, 0) is 0 Å². The number of para-hydroxylation sites is 1. The van der Waals surface area contributed by atoms with Gasteiger partial charge in [0.15, 0.2) is 0 Å². The van der Waals surface area contributed by atoms with E-state index in [0.717, 1.165) is 16.9 Å². The summed E-state index contributed by atoms with van der Waals surface area (Å²) in [4.78, 5) is 0. The lowest BCUT2D eigenvalue weighted by molar-refractivity contribution is 0.267. The number of rotatable bonds is 5. The fraction of sp³-hybridized carbons (Fsp3) is 0.200. The predicted molar refractivity (Wildman–Crippen MR) is 73.1 cm³/mol. The van der Waals surface area contributed by atoms with Gasteiger partial charge in [0.1, 0.15) is 18.2 Å². The van der Waals surface area contributed by atoms with Crippen LogP contribution in [0.2, 0.25) is 0 Å². The molecular weight excluding hydrogens is 243 g/mol. The summed E-state index contributed by atoms with van der Waals surface area (Å²) in [5.41, 5.74) is 4.48. The summed E-state index contributed by atoms with van der Waals surface area (Å²) in [5.74, 6) is 6.08. The summed E-state index contributed by atoms with van der Waals surface area (Å²) in [6.07, 6.45) is 0. The van der Waals surface area contributed by atoms with E-state index in [1.165, 1.54) is 12.1 Å². The molecule has 1 atom stereocenters. The van der Waals surface area contributed by atoms with Crippen LogP contribution in [0.4, 0.5) is 4.39 Å². The zero-order valence-electron chi connectivity index (χ0n) is 10.8. The fourth-order valence-corrected chi connectivity index (χ4v) is 1.95. The van der Waals surface area contributed by atoms with Gasteiger partial charge < -0.3 is 4.74 Å². The van der Waals surface area contributed by atoms with Crippen molar-refractivity contribution >= 4 is 0 Å². The van der Waals surface area contributed by atoms with Crippen LogP contribution in [0.5, 0.6) is 5.75 Å². The van der Waals surface area contributed by atoms with E-state index in [-0.39, 0.29) is 11.9 Å². The Labute approximate surface area is 112 Å². The highest BCUT2D eigenvalue weighted by atomic mass is 19.1. The smallest absolute Gasteiger partial charge is 0.123 e. The summed E-state index contributed by atoms with van der Waals surface area (Å²) in [6, 6.07) is 14.0. The molecule has 0 heterocycles. The van der Waals surface area contributed by atoms with E-state index in [4.69, 9.17) is 10.6 Å². The lowest BCUT2D eigenvalue weighted by Gasteiger charge is -2.19. The van der Waals surface area contributed by atoms with Crippen LogP contribution in [0.15, 0.2) is 48.5 Å². The molecule has 0 aromatic heterocycles. The van der Waals surface area contributed by atoms with E-state index >= 15 is 0 Å². The molecular formula is C15H17FN2O. The number of halogens is 1. The van der Waals surface area contributed by atoms with Crippen molar-refractivity contribution in [3.8, 4) is 5.75 Å². The van der Waals surface area contributed by atoms with Gasteiger partial charge in [-0.3, -0.25) is 5.84 Å². The minimum absolute atomic E-state index is 0.180. The topological polar surface area (TPSA) is 47.3 Å². The third kappa shape index (κ3) is 3.53. The Morgan fingerprint density at radius 2 is 1.95 bits per heavy atom. The minimum Gasteiger partial charge on any atom is -0.492 e. The number of ether oxygens (including phenoxy) is 1. The molecule has 1 unspecified atom stereocenters. The van der Waals surface area contributed by atoms with E-state index in [0.29, 0.717) is 6.61 Å². The Bertz CT molecular complexity index is 531. The highest BCUT2D eigenvalue weighted by Crippen LogP contribution is 2.19. The quantitative estimate of drug-likeness (QED) is 0.642. The third-order valence-electron chi connectivity index (χ3n) is 2.97. The average molecular weight is 260 g/mol. The molecule has 0 radical (unpaired) electrons. The Kier molecular flexibility index (Phi) is 4.49. The predicted octanol–water partition coefficient (Wildman–Crippen LogP) is 2.72. The number of hydrazine groups is 1. The first kappa shape index (κ1) is 13.5. The maximum Gasteiger partial charge on any atom is 0.123 e. The maximum absolute atomic E-state index is 13.1. The highest BCUT2D eigenvalue weighted by molar-refractivity contribution is 5.30. The largest absolute Gasteiger partial charge is 0.492 e. The van der Waals surface area contributed by atoms with Gasteiger partial charge in [-0.15, -0.1) is 0 Å². The van der Waals surface area contributed by atoms with Crippen LogP contribution in [0.1, 0.15) is 17.2 Å². The zero-order chi connectivity index (χ0) is 13.7. The van der Waals surface area contributed by atoms with Crippen LogP contribution in [0.25, 0.3) is 0 Å². The first-order chi connectivity index (χ1) is 9.20. The van der Waals surface area contributed by atoms with Gasteiger partial charge in [-0.25, -0.2) is 9.82 Å². The number of nitrogens with two attached hydrogens (primary N) is 1. The van der Waals surface area contributed by atoms with Crippen LogP contribution < -0.4 is 16.0 Å². The molecule has 3 N–H and O–H groups in total. The van der Waals surface area contributed by atoms with Crippen molar-refractivity contribution in [2.24, 2.45) is 5.84 Å². The Morgan fingerprint density at radius 1 is 1.21 bits per heavy atom. The molecule has 4 heteroatoms. The van der Waals surface area contributed by atoms with E-state index in [1.54, 1.807) is 6.07 Å². The van der Waals surface area contributed by atoms with Crippen LogP contribution in [-0.4, -0.2) is 6.61 Å². The molecule has 19 heavy (non-hydrogen) atoms. The van der Waals surface area contributed by atoms with Crippen LogP contribution in [0, 0.1) is 12.7 Å². The SMILES string of the molecule is Cc1cc(F)ccc1C(COc1ccccc1)NN. The molecule has 0 saturated carbocycles. The molecule has 0 aliphatic rings. The van der Waals surface area contributed by atoms with Gasteiger partial charge in [0.2, 0.25) is 0 Å². The number of nitrogens with one attached hydrogen (secondary N) is 1. The molecule has 3 nitrogen and oxygen atoms in total. The number of benzene rings is 2. The van der Waals surface area contributed by atoms with Crippen molar-refractivity contribution in [3.63, 3.8) is 0 Å². The van der Waals surface area contributed by atoms with Gasteiger partial charge >= 0.3 is 0 Å². The number of hydrogen-bond donors (Lipinski definition) is 2. The number of hydrogen-bond acceptors (Lipinski definition) is 3. The second-order valence-corrected chi connectivity index (χ2v) is 4.34. The minimum atomic E-state index is -0.249. The van der Waals surface area contributed by atoms with Crippen molar-refractivity contribution in [1.29, 1.82) is 0 Å². The molecule has 2 aromatic rings. The Balaban J connectivity index is 2.08. The fourth-order valence-electron chi connectivity index (χ4n) is 1.95. The van der Waals surface area contributed by atoms with Crippen LogP contribution >= 0.6 is 0 Å². The normalized spacial score (nSPS) is 12.2. The van der Waals surface area contributed by atoms with E-state index < -0.39 is 0 Å². The lowest BCUT2D eigenvalue weighted by Crippen LogP contribution is -2.32. The lowest BCUT2D eigenvalue weighted by atomic mass is 10.0. The summed E-state index contributed by atoms with van der Waals surface area (Å²) < 4.78 is 18.7. The maximum atomic E-state index is 13.1. The standard InChI is InChI=1S/C15H17FN2O/c1-11-9-12(16)7-8-14(11)15(18-17)10-19-13-5-3-2-4-6-13/h2-9,15,18H,10,17H2,1H3. The highest BCUT2D eigenvalue weighted by Gasteiger charge is 2.13. The van der Waals surface area contributed by atoms with Crippen molar-refractivity contribution < 1.29 is 9.13 Å². The van der Waals surface area contributed by atoms with Crippen molar-refractivity contribution in [2.45, 2.75) is 13.0 Å². The third-order valence-corrected chi connectivity index (χ3v) is 2.97. The van der Waals surface area contributed by atoms with E-state index in [1.807, 2.05) is 37.3 Å². The molecule has 0 aliphatic heterocycles. The first-order valence-corrected chi connectivity index (χ1v) is 6.10. The zero-order valence-corrected chi connectivity index (χ0v) is 10.8.